The average Bonchev–Trinajstić information content (AvgIpc) is 2.34. The number of halogens is 2. The Hall–Kier alpha value is -1.77. The Bertz CT molecular complexity index is 524. The van der Waals surface area contributed by atoms with Crippen LogP contribution in [0.4, 0.5) is 5.69 Å². The lowest BCUT2D eigenvalue weighted by atomic mass is 10.3. The smallest absolute Gasteiger partial charge is 0.369 e. The number of nitrogens with zero attached hydrogens (tertiary/aromatic N) is 2. The first-order valence-corrected chi connectivity index (χ1v) is 5.70. The fourth-order valence-electron chi connectivity index (χ4n) is 1.02. The van der Waals surface area contributed by atoms with E-state index < -0.39 is 11.7 Å². The van der Waals surface area contributed by atoms with Crippen LogP contribution < -0.4 is 5.43 Å². The highest BCUT2D eigenvalue weighted by atomic mass is 35.5. The summed E-state index contributed by atoms with van der Waals surface area (Å²) in [5.74, 6) is -0.800. The molecule has 1 aromatic rings. The van der Waals surface area contributed by atoms with Crippen LogP contribution in [0.25, 0.3) is 0 Å². The molecule has 0 spiro atoms. The lowest BCUT2D eigenvalue weighted by Gasteiger charge is -2.04. The zero-order valence-corrected chi connectivity index (χ0v) is 10.9. The molecule has 1 N–H and O–H groups in total. The Balaban J connectivity index is 2.87. The maximum Gasteiger partial charge on any atom is 0.369 e. The van der Waals surface area contributed by atoms with E-state index in [0.717, 1.165) is 0 Å². The Morgan fingerprint density at radius 1 is 1.56 bits per heavy atom. The molecule has 0 saturated carbocycles. The number of hydrazone groups is 1. The second-order valence-electron chi connectivity index (χ2n) is 3.03. The molecular weight excluding hydrogens is 277 g/mol. The summed E-state index contributed by atoms with van der Waals surface area (Å²) in [7, 11) is 0. The lowest BCUT2D eigenvalue weighted by Crippen LogP contribution is -2.17. The molecule has 7 heteroatoms. The normalized spacial score (nSPS) is 10.7. The third-order valence-electron chi connectivity index (χ3n) is 1.79. The number of benzene rings is 1. The van der Waals surface area contributed by atoms with Crippen molar-refractivity contribution in [2.24, 2.45) is 5.10 Å². The standard InChI is InChI=1S/C11H9Cl2N3O2/c1-2-18-11(17)10(6-14)16-15-9-5-7(12)3-4-8(9)13/h3-5,15H,2H2,1H3. The molecule has 1 rings (SSSR count). The maximum atomic E-state index is 11.3. The van der Waals surface area contributed by atoms with Crippen LogP contribution in [-0.4, -0.2) is 18.3 Å². The van der Waals surface area contributed by atoms with E-state index in [9.17, 15) is 4.79 Å². The Morgan fingerprint density at radius 2 is 2.28 bits per heavy atom. The van der Waals surface area contributed by atoms with Crippen LogP contribution in [0.2, 0.25) is 10.0 Å². The topological polar surface area (TPSA) is 74.5 Å². The van der Waals surface area contributed by atoms with Gasteiger partial charge in [-0.1, -0.05) is 23.2 Å². The monoisotopic (exact) mass is 285 g/mol. The van der Waals surface area contributed by atoms with E-state index in [-0.39, 0.29) is 6.61 Å². The van der Waals surface area contributed by atoms with Crippen LogP contribution >= 0.6 is 23.2 Å². The van der Waals surface area contributed by atoms with Gasteiger partial charge < -0.3 is 4.74 Å². The third kappa shape index (κ3) is 3.91. The van der Waals surface area contributed by atoms with Crippen LogP contribution in [0.1, 0.15) is 6.92 Å². The van der Waals surface area contributed by atoms with E-state index in [2.05, 4.69) is 15.3 Å². The van der Waals surface area contributed by atoms with Crippen molar-refractivity contribution in [1.82, 2.24) is 0 Å². The summed E-state index contributed by atoms with van der Waals surface area (Å²) in [5, 5.41) is 13.2. The number of rotatable bonds is 4. The first-order chi connectivity index (χ1) is 8.58. The van der Waals surface area contributed by atoms with Crippen molar-refractivity contribution >= 4 is 40.6 Å². The molecular formula is C11H9Cl2N3O2. The highest BCUT2D eigenvalue weighted by molar-refractivity contribution is 6.43. The zero-order chi connectivity index (χ0) is 13.5. The molecule has 18 heavy (non-hydrogen) atoms. The van der Waals surface area contributed by atoms with Gasteiger partial charge in [0.2, 0.25) is 5.71 Å². The molecule has 0 bridgehead atoms. The molecule has 94 valence electrons. The van der Waals surface area contributed by atoms with Gasteiger partial charge in [-0.25, -0.2) is 4.79 Å². The van der Waals surface area contributed by atoms with Crippen LogP contribution in [-0.2, 0) is 9.53 Å². The first-order valence-electron chi connectivity index (χ1n) is 4.94. The number of hydrogen-bond donors (Lipinski definition) is 1. The van der Waals surface area contributed by atoms with Crippen molar-refractivity contribution in [2.75, 3.05) is 12.0 Å². The molecule has 0 saturated heterocycles. The predicted molar refractivity (Wildman–Crippen MR) is 69.8 cm³/mol. The lowest BCUT2D eigenvalue weighted by molar-refractivity contribution is -0.134. The minimum Gasteiger partial charge on any atom is -0.461 e. The summed E-state index contributed by atoms with van der Waals surface area (Å²) in [5.41, 5.74) is 2.49. The first kappa shape index (κ1) is 14.3. The molecule has 0 unspecified atom stereocenters. The van der Waals surface area contributed by atoms with Gasteiger partial charge in [0.1, 0.15) is 6.07 Å². The second kappa shape index (κ2) is 6.84. The second-order valence-corrected chi connectivity index (χ2v) is 3.87. The van der Waals surface area contributed by atoms with Crippen LogP contribution in [0.5, 0.6) is 0 Å². The van der Waals surface area contributed by atoms with Gasteiger partial charge in [0.05, 0.1) is 17.3 Å². The van der Waals surface area contributed by atoms with Crippen molar-refractivity contribution in [3.8, 4) is 6.07 Å². The van der Waals surface area contributed by atoms with Gasteiger partial charge in [0, 0.05) is 5.02 Å². The van der Waals surface area contributed by atoms with Gasteiger partial charge in [-0.05, 0) is 25.1 Å². The van der Waals surface area contributed by atoms with Crippen molar-refractivity contribution < 1.29 is 9.53 Å². The van der Waals surface area contributed by atoms with E-state index >= 15 is 0 Å². The number of carbonyl (C=O) groups excluding carboxylic acids is 1. The van der Waals surface area contributed by atoms with Crippen LogP contribution in [0.15, 0.2) is 23.3 Å². The molecule has 0 aliphatic rings. The summed E-state index contributed by atoms with van der Waals surface area (Å²) < 4.78 is 4.65. The largest absolute Gasteiger partial charge is 0.461 e. The Kier molecular flexibility index (Phi) is 5.43. The SMILES string of the molecule is CCOC(=O)C(C#N)=NNc1cc(Cl)ccc1Cl. The fraction of sp³-hybridized carbons (Fsp3) is 0.182. The molecule has 5 nitrogen and oxygen atoms in total. The predicted octanol–water partition coefficient (Wildman–Crippen LogP) is 2.85. The van der Waals surface area contributed by atoms with Gasteiger partial charge >= 0.3 is 5.97 Å². The van der Waals surface area contributed by atoms with Crippen LogP contribution in [0, 0.1) is 11.3 Å². The molecule has 0 aliphatic carbocycles. The number of carbonyl (C=O) groups is 1. The summed E-state index contributed by atoms with van der Waals surface area (Å²) >= 11 is 11.6. The highest BCUT2D eigenvalue weighted by Crippen LogP contribution is 2.25. The van der Waals surface area contributed by atoms with Gasteiger partial charge in [-0.3, -0.25) is 5.43 Å². The molecule has 0 aromatic heterocycles. The molecule has 0 fully saturated rings. The van der Waals surface area contributed by atoms with E-state index in [1.54, 1.807) is 25.1 Å². The van der Waals surface area contributed by atoms with Crippen molar-refractivity contribution in [1.29, 1.82) is 5.26 Å². The minimum absolute atomic E-state index is 0.164. The van der Waals surface area contributed by atoms with Crippen molar-refractivity contribution in [2.45, 2.75) is 6.92 Å². The van der Waals surface area contributed by atoms with E-state index in [1.807, 2.05) is 0 Å². The summed E-state index contributed by atoms with van der Waals surface area (Å²) in [6.07, 6.45) is 0. The summed E-state index contributed by atoms with van der Waals surface area (Å²) in [6.45, 7) is 1.80. The number of anilines is 1. The van der Waals surface area contributed by atoms with Gasteiger partial charge in [0.15, 0.2) is 0 Å². The van der Waals surface area contributed by atoms with Crippen molar-refractivity contribution in [3.63, 3.8) is 0 Å². The molecule has 0 atom stereocenters. The average molecular weight is 286 g/mol. The molecule has 0 amide bonds. The summed E-state index contributed by atoms with van der Waals surface area (Å²) in [4.78, 5) is 11.3. The van der Waals surface area contributed by atoms with Gasteiger partial charge in [0.25, 0.3) is 0 Å². The number of esters is 1. The number of nitriles is 1. The number of hydrogen-bond acceptors (Lipinski definition) is 5. The highest BCUT2D eigenvalue weighted by Gasteiger charge is 2.12. The maximum absolute atomic E-state index is 11.3. The minimum atomic E-state index is -0.800. The van der Waals surface area contributed by atoms with E-state index in [4.69, 9.17) is 28.5 Å². The Labute approximate surface area is 114 Å². The Morgan fingerprint density at radius 3 is 2.89 bits per heavy atom. The summed E-state index contributed by atoms with van der Waals surface area (Å²) in [6, 6.07) is 6.32. The molecule has 0 heterocycles. The van der Waals surface area contributed by atoms with Crippen LogP contribution in [0.3, 0.4) is 0 Å². The third-order valence-corrected chi connectivity index (χ3v) is 2.36. The molecule has 0 aliphatic heterocycles. The number of ether oxygens (including phenoxy) is 1. The van der Waals surface area contributed by atoms with Crippen molar-refractivity contribution in [3.05, 3.63) is 28.2 Å². The fourth-order valence-corrected chi connectivity index (χ4v) is 1.35. The quantitative estimate of drug-likeness (QED) is 0.524. The van der Waals surface area contributed by atoms with E-state index in [0.29, 0.717) is 15.7 Å². The van der Waals surface area contributed by atoms with Gasteiger partial charge in [-0.2, -0.15) is 10.4 Å². The molecule has 0 radical (unpaired) electrons. The van der Waals surface area contributed by atoms with E-state index in [1.165, 1.54) is 6.07 Å². The number of nitrogens with one attached hydrogen (secondary N) is 1. The van der Waals surface area contributed by atoms with Gasteiger partial charge in [-0.15, -0.1) is 0 Å². The zero-order valence-electron chi connectivity index (χ0n) is 9.41. The molecule has 1 aromatic carbocycles.